The quantitative estimate of drug-likeness (QED) is 0.678. The Balaban J connectivity index is 1.63. The van der Waals surface area contributed by atoms with Crippen LogP contribution in [0.2, 0.25) is 0 Å². The fraction of sp³-hybridized carbons (Fsp3) is 0.176. The van der Waals surface area contributed by atoms with Crippen molar-refractivity contribution in [2.45, 2.75) is 12.5 Å². The molecule has 6 heteroatoms. The van der Waals surface area contributed by atoms with Crippen molar-refractivity contribution >= 4 is 22.6 Å². The molecule has 4 N–H and O–H groups in total. The number of ether oxygens (including phenoxy) is 1. The van der Waals surface area contributed by atoms with Crippen LogP contribution in [0.1, 0.15) is 28.4 Å². The Kier molecular flexibility index (Phi) is 3.24. The van der Waals surface area contributed by atoms with Gasteiger partial charge in [0.15, 0.2) is 0 Å². The van der Waals surface area contributed by atoms with Crippen molar-refractivity contribution in [2.75, 3.05) is 11.9 Å². The van der Waals surface area contributed by atoms with Gasteiger partial charge in [-0.2, -0.15) is 0 Å². The molecule has 6 nitrogen and oxygen atoms in total. The zero-order valence-electron chi connectivity index (χ0n) is 12.4. The Morgan fingerprint density at radius 2 is 2.26 bits per heavy atom. The third-order valence-corrected chi connectivity index (χ3v) is 4.07. The van der Waals surface area contributed by atoms with E-state index in [1.165, 1.54) is 0 Å². The van der Waals surface area contributed by atoms with E-state index in [-0.39, 0.29) is 11.9 Å². The lowest BCUT2D eigenvalue weighted by atomic mass is 9.99. The molecule has 23 heavy (non-hydrogen) atoms. The lowest BCUT2D eigenvalue weighted by Gasteiger charge is -2.23. The van der Waals surface area contributed by atoms with Gasteiger partial charge >= 0.3 is 0 Å². The van der Waals surface area contributed by atoms with Crippen molar-refractivity contribution in [1.82, 2.24) is 9.97 Å². The van der Waals surface area contributed by atoms with Crippen LogP contribution in [0.15, 0.2) is 42.7 Å². The van der Waals surface area contributed by atoms with E-state index >= 15 is 0 Å². The van der Waals surface area contributed by atoms with Crippen LogP contribution in [-0.2, 0) is 0 Å². The number of nitrogens with zero attached hydrogens (tertiary/aromatic N) is 1. The van der Waals surface area contributed by atoms with Crippen LogP contribution in [0, 0.1) is 0 Å². The number of pyridine rings is 1. The highest BCUT2D eigenvalue weighted by atomic mass is 16.5. The van der Waals surface area contributed by atoms with Gasteiger partial charge in [-0.25, -0.2) is 4.98 Å². The first-order valence-electron chi connectivity index (χ1n) is 7.48. The van der Waals surface area contributed by atoms with Gasteiger partial charge in [-0.1, -0.05) is 6.07 Å². The van der Waals surface area contributed by atoms with Crippen LogP contribution >= 0.6 is 0 Å². The number of aromatic nitrogens is 2. The predicted octanol–water partition coefficient (Wildman–Crippen LogP) is 2.60. The number of fused-ring (bicyclic) bond motifs is 2. The molecule has 116 valence electrons. The minimum absolute atomic E-state index is 0.0319. The first-order valence-corrected chi connectivity index (χ1v) is 7.48. The van der Waals surface area contributed by atoms with Gasteiger partial charge in [-0.05, 0) is 24.3 Å². The highest BCUT2D eigenvalue weighted by Crippen LogP contribution is 2.31. The molecule has 1 atom stereocenters. The van der Waals surface area contributed by atoms with Crippen molar-refractivity contribution in [1.29, 1.82) is 0 Å². The van der Waals surface area contributed by atoms with Crippen molar-refractivity contribution in [3.63, 3.8) is 0 Å². The second-order valence-electron chi connectivity index (χ2n) is 5.55. The summed E-state index contributed by atoms with van der Waals surface area (Å²) in [6.07, 6.45) is 4.24. The van der Waals surface area contributed by atoms with Gasteiger partial charge in [0.2, 0.25) is 0 Å². The second kappa shape index (κ2) is 5.40. The van der Waals surface area contributed by atoms with Gasteiger partial charge in [0.05, 0.1) is 12.3 Å². The van der Waals surface area contributed by atoms with Crippen LogP contribution in [0.3, 0.4) is 0 Å². The van der Waals surface area contributed by atoms with Crippen LogP contribution < -0.4 is 15.8 Å². The summed E-state index contributed by atoms with van der Waals surface area (Å²) in [5.74, 6) is 0.502. The summed E-state index contributed by atoms with van der Waals surface area (Å²) in [4.78, 5) is 19.7. The van der Waals surface area contributed by atoms with E-state index in [1.807, 2.05) is 12.1 Å². The summed E-state index contributed by atoms with van der Waals surface area (Å²) in [6.45, 7) is 0.577. The normalized spacial score (nSPS) is 16.7. The van der Waals surface area contributed by atoms with Gasteiger partial charge < -0.3 is 20.8 Å². The second-order valence-corrected chi connectivity index (χ2v) is 5.55. The van der Waals surface area contributed by atoms with Gasteiger partial charge in [0, 0.05) is 41.4 Å². The molecule has 1 aliphatic rings. The average molecular weight is 308 g/mol. The molecule has 1 amide bonds. The molecule has 4 rings (SSSR count). The van der Waals surface area contributed by atoms with E-state index in [2.05, 4.69) is 15.3 Å². The number of hydrogen-bond acceptors (Lipinski definition) is 4. The Bertz CT molecular complexity index is 887. The molecule has 0 spiro atoms. The van der Waals surface area contributed by atoms with Crippen LogP contribution in [0.5, 0.6) is 5.75 Å². The van der Waals surface area contributed by atoms with E-state index in [4.69, 9.17) is 10.5 Å². The number of hydrogen-bond donors (Lipinski definition) is 3. The van der Waals surface area contributed by atoms with Crippen LogP contribution in [0.25, 0.3) is 11.0 Å². The Labute approximate surface area is 132 Å². The van der Waals surface area contributed by atoms with Gasteiger partial charge in [-0.15, -0.1) is 0 Å². The van der Waals surface area contributed by atoms with Gasteiger partial charge in [-0.3, -0.25) is 4.79 Å². The molecule has 1 unspecified atom stereocenters. The predicted molar refractivity (Wildman–Crippen MR) is 87.5 cm³/mol. The highest BCUT2D eigenvalue weighted by Gasteiger charge is 2.20. The fourth-order valence-electron chi connectivity index (χ4n) is 2.82. The summed E-state index contributed by atoms with van der Waals surface area (Å²) >= 11 is 0. The maximum Gasteiger partial charge on any atom is 0.255 e. The minimum Gasteiger partial charge on any atom is -0.493 e. The molecule has 1 aliphatic heterocycles. The van der Waals surface area contributed by atoms with E-state index < -0.39 is 0 Å². The molecule has 0 saturated carbocycles. The number of anilines is 1. The summed E-state index contributed by atoms with van der Waals surface area (Å²) in [7, 11) is 0. The molecule has 2 aromatic heterocycles. The number of amides is 1. The van der Waals surface area contributed by atoms with Crippen LogP contribution in [0.4, 0.5) is 5.69 Å². The Hall–Kier alpha value is -2.86. The van der Waals surface area contributed by atoms with Crippen molar-refractivity contribution in [2.24, 2.45) is 5.73 Å². The Morgan fingerprint density at radius 1 is 1.35 bits per heavy atom. The van der Waals surface area contributed by atoms with E-state index in [1.54, 1.807) is 30.6 Å². The van der Waals surface area contributed by atoms with Crippen LogP contribution in [-0.4, -0.2) is 22.5 Å². The van der Waals surface area contributed by atoms with E-state index in [0.717, 1.165) is 28.7 Å². The first-order chi connectivity index (χ1) is 11.2. The van der Waals surface area contributed by atoms with E-state index in [9.17, 15) is 4.79 Å². The third kappa shape index (κ3) is 2.43. The van der Waals surface area contributed by atoms with Crippen molar-refractivity contribution in [3.05, 3.63) is 53.9 Å². The number of nitrogens with two attached hydrogens (primary N) is 1. The molecule has 0 saturated heterocycles. The molecule has 0 aliphatic carbocycles. The molecule has 1 aromatic carbocycles. The highest BCUT2D eigenvalue weighted by molar-refractivity contribution is 6.08. The molecule has 3 heterocycles. The van der Waals surface area contributed by atoms with Gasteiger partial charge in [0.25, 0.3) is 5.91 Å². The fourth-order valence-corrected chi connectivity index (χ4v) is 2.82. The largest absolute Gasteiger partial charge is 0.493 e. The zero-order chi connectivity index (χ0) is 15.8. The molecular formula is C17H16N4O2. The number of aromatic amines is 1. The number of carbonyl (C=O) groups is 1. The molecule has 0 radical (unpaired) electrons. The van der Waals surface area contributed by atoms with E-state index in [0.29, 0.717) is 17.9 Å². The molecule has 3 aromatic rings. The van der Waals surface area contributed by atoms with Gasteiger partial charge in [0.1, 0.15) is 11.4 Å². The minimum atomic E-state index is -0.191. The molecular weight excluding hydrogens is 292 g/mol. The SMILES string of the molecule is NC1CCOc2cc(C(=O)Nc3ccnc4[nH]ccc34)ccc21. The summed E-state index contributed by atoms with van der Waals surface area (Å²) < 4.78 is 5.62. The summed E-state index contributed by atoms with van der Waals surface area (Å²) in [5.41, 5.74) is 9.00. The first kappa shape index (κ1) is 13.8. The standard InChI is InChI=1S/C17H16N4O2/c18-13-5-8-23-15-9-10(1-2-11(13)15)17(22)21-14-4-7-20-16-12(14)3-6-19-16/h1-4,6-7,9,13H,5,8,18H2,(H2,19,20,21,22). The maximum atomic E-state index is 12.5. The van der Waals surface area contributed by atoms with Crippen molar-refractivity contribution in [3.8, 4) is 5.75 Å². The number of H-pyrrole nitrogens is 1. The third-order valence-electron chi connectivity index (χ3n) is 4.07. The maximum absolute atomic E-state index is 12.5. The Morgan fingerprint density at radius 3 is 3.17 bits per heavy atom. The molecule has 0 bridgehead atoms. The summed E-state index contributed by atoms with van der Waals surface area (Å²) in [6, 6.07) is 9.02. The summed E-state index contributed by atoms with van der Waals surface area (Å²) in [5, 5.41) is 3.79. The van der Waals surface area contributed by atoms with Crippen molar-refractivity contribution < 1.29 is 9.53 Å². The average Bonchev–Trinajstić information content (AvgIpc) is 3.04. The molecule has 0 fully saturated rings. The topological polar surface area (TPSA) is 93.0 Å². The zero-order valence-corrected chi connectivity index (χ0v) is 12.4. The number of nitrogens with one attached hydrogen (secondary N) is 2. The number of rotatable bonds is 2. The monoisotopic (exact) mass is 308 g/mol. The number of benzene rings is 1. The lowest BCUT2D eigenvalue weighted by Crippen LogP contribution is -2.21. The smallest absolute Gasteiger partial charge is 0.255 e. The lowest BCUT2D eigenvalue weighted by molar-refractivity contribution is 0.102. The number of carbonyl (C=O) groups excluding carboxylic acids is 1.